The third-order valence-corrected chi connectivity index (χ3v) is 7.42. The summed E-state index contributed by atoms with van der Waals surface area (Å²) in [6.45, 7) is 2.01. The largest absolute Gasteiger partial charge is 0.268 e. The van der Waals surface area contributed by atoms with Gasteiger partial charge in [-0.2, -0.15) is 5.26 Å². The first kappa shape index (κ1) is 16.7. The van der Waals surface area contributed by atoms with Crippen molar-refractivity contribution in [3.8, 4) is 11.8 Å². The van der Waals surface area contributed by atoms with E-state index in [4.69, 9.17) is 10.2 Å². The molecule has 1 aromatic carbocycles. The number of thioether (sulfide) groups is 2. The number of nitriles is 1. The smallest absolute Gasteiger partial charge is 0.267 e. The molecule has 3 aromatic rings. The van der Waals surface area contributed by atoms with Crippen LogP contribution in [0.5, 0.6) is 0 Å². The molecule has 3 heterocycles. The van der Waals surface area contributed by atoms with Gasteiger partial charge in [0.1, 0.15) is 4.83 Å². The summed E-state index contributed by atoms with van der Waals surface area (Å²) in [4.78, 5) is 18.9. The summed E-state index contributed by atoms with van der Waals surface area (Å²) >= 11 is 4.75. The molecule has 0 unspecified atom stereocenters. The highest BCUT2D eigenvalue weighted by Crippen LogP contribution is 2.40. The fourth-order valence-corrected chi connectivity index (χ4v) is 6.26. The number of hydrogen-bond acceptors (Lipinski definition) is 6. The Morgan fingerprint density at radius 3 is 3.12 bits per heavy atom. The first-order valence-corrected chi connectivity index (χ1v) is 10.8. The van der Waals surface area contributed by atoms with E-state index >= 15 is 0 Å². The van der Waals surface area contributed by atoms with E-state index in [0.717, 1.165) is 45.6 Å². The predicted molar refractivity (Wildman–Crippen MR) is 105 cm³/mol. The normalized spacial score (nSPS) is 13.6. The van der Waals surface area contributed by atoms with Crippen LogP contribution in [-0.4, -0.2) is 21.1 Å². The van der Waals surface area contributed by atoms with Crippen molar-refractivity contribution < 1.29 is 0 Å². The van der Waals surface area contributed by atoms with Crippen LogP contribution >= 0.6 is 34.9 Å². The number of fused-ring (bicyclic) bond motifs is 3. The van der Waals surface area contributed by atoms with Crippen LogP contribution in [0.1, 0.15) is 17.5 Å². The number of benzene rings is 1. The Kier molecular flexibility index (Phi) is 4.59. The van der Waals surface area contributed by atoms with Gasteiger partial charge in [-0.1, -0.05) is 23.9 Å². The maximum atomic E-state index is 13.4. The summed E-state index contributed by atoms with van der Waals surface area (Å²) < 4.78 is 2.90. The molecular weight excluding hydrogens is 370 g/mol. The minimum Gasteiger partial charge on any atom is -0.268 e. The summed E-state index contributed by atoms with van der Waals surface area (Å²) in [6.07, 6.45) is 2.04. The molecule has 0 fully saturated rings. The molecule has 0 radical (unpaired) electrons. The number of rotatable bonds is 3. The van der Waals surface area contributed by atoms with Crippen molar-refractivity contribution in [2.24, 2.45) is 0 Å². The highest BCUT2D eigenvalue weighted by Gasteiger charge is 2.23. The van der Waals surface area contributed by atoms with Crippen LogP contribution in [0.15, 0.2) is 38.4 Å². The van der Waals surface area contributed by atoms with Crippen LogP contribution < -0.4 is 5.56 Å². The molecule has 126 valence electrons. The molecule has 0 atom stereocenters. The molecular formula is C18H15N3OS3. The number of hydrogen-bond donors (Lipinski definition) is 0. The fourth-order valence-electron chi connectivity index (χ4n) is 3.01. The third-order valence-electron chi connectivity index (χ3n) is 4.09. The van der Waals surface area contributed by atoms with Crippen molar-refractivity contribution in [1.82, 2.24) is 9.55 Å². The summed E-state index contributed by atoms with van der Waals surface area (Å²) in [5, 5.41) is 10.3. The molecule has 0 bridgehead atoms. The average molecular weight is 386 g/mol. The Bertz CT molecular complexity index is 1060. The van der Waals surface area contributed by atoms with Gasteiger partial charge in [0.15, 0.2) is 5.16 Å². The summed E-state index contributed by atoms with van der Waals surface area (Å²) in [7, 11) is 0. The molecule has 1 aliphatic heterocycles. The predicted octanol–water partition coefficient (Wildman–Crippen LogP) is 4.41. The molecule has 7 heteroatoms. The van der Waals surface area contributed by atoms with E-state index < -0.39 is 0 Å². The quantitative estimate of drug-likeness (QED) is 0.494. The van der Waals surface area contributed by atoms with Crippen LogP contribution in [0.4, 0.5) is 0 Å². The van der Waals surface area contributed by atoms with E-state index in [1.165, 1.54) is 16.0 Å². The number of aryl methyl sites for hydroxylation is 2. The Labute approximate surface area is 157 Å². The maximum Gasteiger partial charge on any atom is 0.267 e. The van der Waals surface area contributed by atoms with Gasteiger partial charge < -0.3 is 0 Å². The average Bonchev–Trinajstić information content (AvgIpc) is 2.98. The molecule has 0 saturated carbocycles. The zero-order valence-corrected chi connectivity index (χ0v) is 16.1. The second-order valence-corrected chi connectivity index (χ2v) is 9.13. The zero-order chi connectivity index (χ0) is 17.4. The molecule has 4 nitrogen and oxygen atoms in total. The maximum absolute atomic E-state index is 13.4. The van der Waals surface area contributed by atoms with Gasteiger partial charge in [-0.25, -0.2) is 4.98 Å². The first-order valence-electron chi connectivity index (χ1n) is 7.97. The molecule has 4 rings (SSSR count). The minimum absolute atomic E-state index is 0.0176. The zero-order valence-electron chi connectivity index (χ0n) is 13.6. The molecule has 0 aliphatic carbocycles. The molecule has 0 spiro atoms. The lowest BCUT2D eigenvalue weighted by Crippen LogP contribution is -2.22. The SMILES string of the molecule is Cc1cccc(-n2c(SCC#N)nc3sc4c(c3c2=O)CCCS4)c1. The fraction of sp³-hybridized carbons (Fsp3) is 0.278. The van der Waals surface area contributed by atoms with Gasteiger partial charge in [-0.3, -0.25) is 9.36 Å². The molecule has 0 saturated heterocycles. The summed E-state index contributed by atoms with van der Waals surface area (Å²) in [6, 6.07) is 9.99. The van der Waals surface area contributed by atoms with Crippen LogP contribution in [0.2, 0.25) is 0 Å². The van der Waals surface area contributed by atoms with Crippen molar-refractivity contribution in [3.63, 3.8) is 0 Å². The molecule has 2 aromatic heterocycles. The van der Waals surface area contributed by atoms with Crippen LogP contribution in [0.3, 0.4) is 0 Å². The molecule has 0 N–H and O–H groups in total. The monoisotopic (exact) mass is 385 g/mol. The first-order chi connectivity index (χ1) is 12.2. The lowest BCUT2D eigenvalue weighted by Gasteiger charge is -2.13. The van der Waals surface area contributed by atoms with Crippen LogP contribution in [0, 0.1) is 18.3 Å². The van der Waals surface area contributed by atoms with Gasteiger partial charge >= 0.3 is 0 Å². The van der Waals surface area contributed by atoms with E-state index in [-0.39, 0.29) is 11.3 Å². The van der Waals surface area contributed by atoms with Crippen molar-refractivity contribution in [2.45, 2.75) is 29.1 Å². The van der Waals surface area contributed by atoms with Crippen molar-refractivity contribution in [2.75, 3.05) is 11.5 Å². The number of nitrogens with zero attached hydrogens (tertiary/aromatic N) is 3. The van der Waals surface area contributed by atoms with Gasteiger partial charge in [0, 0.05) is 0 Å². The van der Waals surface area contributed by atoms with Gasteiger partial charge in [-0.05, 0) is 48.8 Å². The Hall–Kier alpha value is -1.75. The Morgan fingerprint density at radius 2 is 2.32 bits per heavy atom. The summed E-state index contributed by atoms with van der Waals surface area (Å²) in [5.74, 6) is 1.37. The van der Waals surface area contributed by atoms with E-state index in [9.17, 15) is 4.79 Å². The highest BCUT2D eigenvalue weighted by molar-refractivity contribution is 8.01. The van der Waals surface area contributed by atoms with Gasteiger partial charge in [0.2, 0.25) is 0 Å². The van der Waals surface area contributed by atoms with E-state index in [1.807, 2.05) is 43.0 Å². The third kappa shape index (κ3) is 2.99. The van der Waals surface area contributed by atoms with E-state index in [0.29, 0.717) is 5.16 Å². The van der Waals surface area contributed by atoms with Crippen molar-refractivity contribution in [1.29, 1.82) is 5.26 Å². The van der Waals surface area contributed by atoms with Crippen molar-refractivity contribution in [3.05, 3.63) is 45.7 Å². The Balaban J connectivity index is 2.02. The van der Waals surface area contributed by atoms with Gasteiger partial charge in [0.25, 0.3) is 5.56 Å². The van der Waals surface area contributed by atoms with Crippen molar-refractivity contribution >= 4 is 45.1 Å². The highest BCUT2D eigenvalue weighted by atomic mass is 32.2. The van der Waals surface area contributed by atoms with Crippen LogP contribution in [0.25, 0.3) is 15.9 Å². The lowest BCUT2D eigenvalue weighted by atomic mass is 10.1. The summed E-state index contributed by atoms with van der Waals surface area (Å²) in [5.41, 5.74) is 3.04. The molecule has 0 amide bonds. The number of thiophene rings is 1. The topological polar surface area (TPSA) is 58.7 Å². The standard InChI is InChI=1S/C18H15N3OS3/c1-11-4-2-5-12(10-11)21-16(22)14-13-6-3-8-23-17(13)25-15(14)20-18(21)24-9-7-19/h2,4-5,10H,3,6,8-9H2,1H3. The van der Waals surface area contributed by atoms with Crippen LogP contribution in [-0.2, 0) is 6.42 Å². The second-order valence-electron chi connectivity index (χ2n) is 5.82. The van der Waals surface area contributed by atoms with Gasteiger partial charge in [0.05, 0.1) is 27.1 Å². The lowest BCUT2D eigenvalue weighted by molar-refractivity contribution is 0.818. The van der Waals surface area contributed by atoms with E-state index in [2.05, 4.69) is 6.07 Å². The molecule has 25 heavy (non-hydrogen) atoms. The van der Waals surface area contributed by atoms with Gasteiger partial charge in [-0.15, -0.1) is 23.1 Å². The number of aromatic nitrogens is 2. The minimum atomic E-state index is -0.0176. The Morgan fingerprint density at radius 1 is 1.44 bits per heavy atom. The second kappa shape index (κ2) is 6.87. The van der Waals surface area contributed by atoms with E-state index in [1.54, 1.807) is 15.9 Å². The molecule has 1 aliphatic rings.